The van der Waals surface area contributed by atoms with Crippen molar-refractivity contribution in [1.29, 1.82) is 0 Å². The first-order valence-electron chi connectivity index (χ1n) is 8.11. The molecular formula is C17H24ClN3O2. The quantitative estimate of drug-likeness (QED) is 0.743. The minimum absolute atomic E-state index is 0.156. The van der Waals surface area contributed by atoms with Crippen LogP contribution in [0.1, 0.15) is 36.5 Å². The fourth-order valence-corrected chi connectivity index (χ4v) is 2.80. The topological polar surface area (TPSA) is 70.2 Å². The number of piperidine rings is 1. The summed E-state index contributed by atoms with van der Waals surface area (Å²) in [4.78, 5) is 24.1. The molecule has 2 unspecified atom stereocenters. The maximum atomic E-state index is 12.0. The van der Waals surface area contributed by atoms with Crippen molar-refractivity contribution in [1.82, 2.24) is 16.0 Å². The summed E-state index contributed by atoms with van der Waals surface area (Å²) in [7, 11) is 0. The number of amides is 2. The molecule has 1 aromatic rings. The lowest BCUT2D eigenvalue weighted by Crippen LogP contribution is -2.45. The zero-order valence-corrected chi connectivity index (χ0v) is 14.2. The first-order valence-corrected chi connectivity index (χ1v) is 8.49. The van der Waals surface area contributed by atoms with Crippen molar-refractivity contribution in [2.75, 3.05) is 19.6 Å². The summed E-state index contributed by atoms with van der Waals surface area (Å²) in [6.45, 7) is 4.45. The predicted octanol–water partition coefficient (Wildman–Crippen LogP) is 1.96. The molecule has 2 atom stereocenters. The minimum Gasteiger partial charge on any atom is -0.354 e. The van der Waals surface area contributed by atoms with Gasteiger partial charge in [-0.3, -0.25) is 9.59 Å². The molecule has 0 aliphatic carbocycles. The van der Waals surface area contributed by atoms with E-state index in [1.807, 2.05) is 0 Å². The van der Waals surface area contributed by atoms with Gasteiger partial charge in [0.05, 0.1) is 0 Å². The number of carbonyl (C=O) groups excluding carboxylic acids is 2. The lowest BCUT2D eigenvalue weighted by molar-refractivity contribution is -0.122. The van der Waals surface area contributed by atoms with E-state index in [0.29, 0.717) is 23.0 Å². The number of nitrogens with one attached hydrogen (secondary N) is 3. The van der Waals surface area contributed by atoms with Gasteiger partial charge >= 0.3 is 0 Å². The van der Waals surface area contributed by atoms with Gasteiger partial charge in [0.1, 0.15) is 6.04 Å². The number of hydrogen-bond acceptors (Lipinski definition) is 3. The predicted molar refractivity (Wildman–Crippen MR) is 91.6 cm³/mol. The van der Waals surface area contributed by atoms with Gasteiger partial charge in [-0.2, -0.15) is 0 Å². The van der Waals surface area contributed by atoms with E-state index in [2.05, 4.69) is 16.0 Å². The summed E-state index contributed by atoms with van der Waals surface area (Å²) in [6.07, 6.45) is 3.38. The normalized spacial score (nSPS) is 19.0. The first kappa shape index (κ1) is 17.8. The molecule has 2 rings (SSSR count). The van der Waals surface area contributed by atoms with E-state index in [-0.39, 0.29) is 11.8 Å². The van der Waals surface area contributed by atoms with Gasteiger partial charge in [-0.15, -0.1) is 0 Å². The molecule has 1 aromatic carbocycles. The summed E-state index contributed by atoms with van der Waals surface area (Å²) in [5.41, 5.74) is 0.488. The molecule has 0 spiro atoms. The van der Waals surface area contributed by atoms with Crippen molar-refractivity contribution < 1.29 is 9.59 Å². The zero-order chi connectivity index (χ0) is 16.7. The Bertz CT molecular complexity index is 527. The lowest BCUT2D eigenvalue weighted by Gasteiger charge is -2.23. The first-order chi connectivity index (χ1) is 11.1. The Hall–Kier alpha value is -1.59. The van der Waals surface area contributed by atoms with Gasteiger partial charge in [0.15, 0.2) is 0 Å². The van der Waals surface area contributed by atoms with Crippen LogP contribution in [0.5, 0.6) is 0 Å². The second kappa shape index (κ2) is 8.89. The molecule has 3 N–H and O–H groups in total. The third kappa shape index (κ3) is 5.84. The third-order valence-electron chi connectivity index (χ3n) is 4.10. The molecule has 1 aliphatic rings. The highest BCUT2D eigenvalue weighted by Crippen LogP contribution is 2.13. The van der Waals surface area contributed by atoms with E-state index in [1.165, 1.54) is 12.8 Å². The van der Waals surface area contributed by atoms with Gasteiger partial charge in [0.2, 0.25) is 5.91 Å². The summed E-state index contributed by atoms with van der Waals surface area (Å²) in [5, 5.41) is 9.53. The molecule has 0 saturated carbocycles. The van der Waals surface area contributed by atoms with Gasteiger partial charge in [0.25, 0.3) is 5.91 Å². The Morgan fingerprint density at radius 2 is 2.09 bits per heavy atom. The van der Waals surface area contributed by atoms with E-state index < -0.39 is 6.04 Å². The Kier molecular flexibility index (Phi) is 6.86. The molecule has 1 heterocycles. The van der Waals surface area contributed by atoms with Gasteiger partial charge in [0, 0.05) is 17.1 Å². The summed E-state index contributed by atoms with van der Waals surface area (Å²) in [5.74, 6) is 0.194. The lowest BCUT2D eigenvalue weighted by atomic mass is 9.96. The second-order valence-electron chi connectivity index (χ2n) is 5.99. The molecule has 1 aliphatic heterocycles. The van der Waals surface area contributed by atoms with E-state index in [4.69, 9.17) is 11.6 Å². The highest BCUT2D eigenvalue weighted by molar-refractivity contribution is 6.30. The van der Waals surface area contributed by atoms with Crippen molar-refractivity contribution in [3.63, 3.8) is 0 Å². The molecule has 1 fully saturated rings. The summed E-state index contributed by atoms with van der Waals surface area (Å²) >= 11 is 5.79. The molecule has 1 saturated heterocycles. The molecule has 23 heavy (non-hydrogen) atoms. The third-order valence-corrected chi connectivity index (χ3v) is 4.35. The van der Waals surface area contributed by atoms with Gasteiger partial charge in [-0.1, -0.05) is 11.6 Å². The van der Waals surface area contributed by atoms with Gasteiger partial charge < -0.3 is 16.0 Å². The number of rotatable bonds is 6. The average Bonchev–Trinajstić information content (AvgIpc) is 2.56. The standard InChI is InChI=1S/C17H24ClN3O2/c1-12(21-17(23)14-4-6-15(18)7-5-14)16(22)20-10-8-13-3-2-9-19-11-13/h4-7,12-13,19H,2-3,8-11H2,1H3,(H,20,22)(H,21,23). The van der Waals surface area contributed by atoms with Crippen LogP contribution in [0, 0.1) is 5.92 Å². The minimum atomic E-state index is -0.567. The van der Waals surface area contributed by atoms with Crippen LogP contribution < -0.4 is 16.0 Å². The van der Waals surface area contributed by atoms with Gasteiger partial charge in [-0.25, -0.2) is 0 Å². The van der Waals surface area contributed by atoms with Crippen molar-refractivity contribution in [3.8, 4) is 0 Å². The van der Waals surface area contributed by atoms with E-state index >= 15 is 0 Å². The zero-order valence-electron chi connectivity index (χ0n) is 13.4. The molecule has 0 bridgehead atoms. The molecule has 126 valence electrons. The number of halogens is 1. The van der Waals surface area contributed by atoms with Crippen molar-refractivity contribution in [2.24, 2.45) is 5.92 Å². The van der Waals surface area contributed by atoms with Crippen LogP contribution in [0.15, 0.2) is 24.3 Å². The Morgan fingerprint density at radius 1 is 1.35 bits per heavy atom. The average molecular weight is 338 g/mol. The molecule has 5 nitrogen and oxygen atoms in total. The maximum absolute atomic E-state index is 12.0. The molecule has 2 amide bonds. The van der Waals surface area contributed by atoms with Crippen LogP contribution >= 0.6 is 11.6 Å². The Labute approximate surface area is 142 Å². The fraction of sp³-hybridized carbons (Fsp3) is 0.529. The van der Waals surface area contributed by atoms with Crippen LogP contribution in [0.2, 0.25) is 5.02 Å². The highest BCUT2D eigenvalue weighted by Gasteiger charge is 2.17. The number of hydrogen-bond donors (Lipinski definition) is 3. The monoisotopic (exact) mass is 337 g/mol. The van der Waals surface area contributed by atoms with Crippen molar-refractivity contribution >= 4 is 23.4 Å². The Balaban J connectivity index is 1.71. The Morgan fingerprint density at radius 3 is 2.74 bits per heavy atom. The van der Waals surface area contributed by atoms with Crippen LogP contribution in [-0.2, 0) is 4.79 Å². The van der Waals surface area contributed by atoms with Crippen molar-refractivity contribution in [2.45, 2.75) is 32.2 Å². The second-order valence-corrected chi connectivity index (χ2v) is 6.43. The summed E-state index contributed by atoms with van der Waals surface area (Å²) < 4.78 is 0. The SMILES string of the molecule is CC(NC(=O)c1ccc(Cl)cc1)C(=O)NCCC1CCCNC1. The van der Waals surface area contributed by atoms with E-state index in [1.54, 1.807) is 31.2 Å². The molecular weight excluding hydrogens is 314 g/mol. The van der Waals surface area contributed by atoms with Crippen LogP contribution in [0.4, 0.5) is 0 Å². The molecule has 6 heteroatoms. The van der Waals surface area contributed by atoms with E-state index in [0.717, 1.165) is 19.5 Å². The number of carbonyl (C=O) groups is 2. The van der Waals surface area contributed by atoms with Crippen LogP contribution in [0.25, 0.3) is 0 Å². The highest BCUT2D eigenvalue weighted by atomic mass is 35.5. The fourth-order valence-electron chi connectivity index (χ4n) is 2.67. The van der Waals surface area contributed by atoms with Crippen LogP contribution in [0.3, 0.4) is 0 Å². The van der Waals surface area contributed by atoms with Crippen LogP contribution in [-0.4, -0.2) is 37.5 Å². The van der Waals surface area contributed by atoms with E-state index in [9.17, 15) is 9.59 Å². The van der Waals surface area contributed by atoms with Gasteiger partial charge in [-0.05, 0) is 69.5 Å². The smallest absolute Gasteiger partial charge is 0.251 e. The van der Waals surface area contributed by atoms with Crippen molar-refractivity contribution in [3.05, 3.63) is 34.9 Å². The molecule has 0 radical (unpaired) electrons. The largest absolute Gasteiger partial charge is 0.354 e. The summed E-state index contributed by atoms with van der Waals surface area (Å²) in [6, 6.07) is 6.01. The maximum Gasteiger partial charge on any atom is 0.251 e. The molecule has 0 aromatic heterocycles. The number of benzene rings is 1.